The van der Waals surface area contributed by atoms with E-state index in [1.807, 2.05) is 10.9 Å². The van der Waals surface area contributed by atoms with Crippen LogP contribution in [0, 0.1) is 20.8 Å². The van der Waals surface area contributed by atoms with Gasteiger partial charge in [0.05, 0.1) is 6.04 Å². The van der Waals surface area contributed by atoms with Gasteiger partial charge in [0, 0.05) is 19.3 Å². The van der Waals surface area contributed by atoms with Crippen molar-refractivity contribution < 1.29 is 4.79 Å². The smallest absolute Gasteiger partial charge is 0.272 e. The number of rotatable bonds is 4. The Morgan fingerprint density at radius 1 is 1.33 bits per heavy atom. The Hall–Kier alpha value is -2.14. The topological polar surface area (TPSA) is 59.0 Å². The van der Waals surface area contributed by atoms with Crippen molar-refractivity contribution in [2.24, 2.45) is 0 Å². The van der Waals surface area contributed by atoms with Gasteiger partial charge in [0.25, 0.3) is 5.91 Å². The summed E-state index contributed by atoms with van der Waals surface area (Å²) in [4.78, 5) is 12.4. The molecule has 24 heavy (non-hydrogen) atoms. The fraction of sp³-hybridized carbons (Fsp3) is 0.474. The number of carbonyl (C=O) groups excluding carboxylic acids is 1. The van der Waals surface area contributed by atoms with Gasteiger partial charge in [-0.1, -0.05) is 17.7 Å². The second kappa shape index (κ2) is 7.18. The Labute approximate surface area is 143 Å². The second-order valence-electron chi connectivity index (χ2n) is 6.74. The summed E-state index contributed by atoms with van der Waals surface area (Å²) in [5, 5.41) is 10.8. The molecule has 1 aliphatic heterocycles. The van der Waals surface area contributed by atoms with Crippen LogP contribution in [0.2, 0.25) is 0 Å². The molecule has 1 aromatic carbocycles. The highest BCUT2D eigenvalue weighted by molar-refractivity contribution is 5.92. The maximum atomic E-state index is 12.4. The molecule has 5 nitrogen and oxygen atoms in total. The third-order valence-electron chi connectivity index (χ3n) is 4.75. The van der Waals surface area contributed by atoms with Gasteiger partial charge in [0.2, 0.25) is 0 Å². The van der Waals surface area contributed by atoms with Crippen LogP contribution in [0.1, 0.15) is 51.6 Å². The Morgan fingerprint density at radius 3 is 2.75 bits per heavy atom. The molecular formula is C19H26N4O. The van der Waals surface area contributed by atoms with Gasteiger partial charge in [-0.05, 0) is 62.9 Å². The monoisotopic (exact) mass is 326 g/mol. The van der Waals surface area contributed by atoms with Gasteiger partial charge in [0.15, 0.2) is 0 Å². The van der Waals surface area contributed by atoms with Crippen molar-refractivity contribution in [3.05, 3.63) is 52.3 Å². The maximum absolute atomic E-state index is 12.4. The fourth-order valence-electron chi connectivity index (χ4n) is 3.47. The average Bonchev–Trinajstić information content (AvgIpc) is 3.04. The van der Waals surface area contributed by atoms with Crippen LogP contribution in [0.15, 0.2) is 24.4 Å². The van der Waals surface area contributed by atoms with Crippen molar-refractivity contribution in [1.29, 1.82) is 0 Å². The average molecular weight is 326 g/mol. The lowest BCUT2D eigenvalue weighted by Gasteiger charge is -2.22. The molecule has 1 aliphatic rings. The molecule has 1 saturated heterocycles. The van der Waals surface area contributed by atoms with Gasteiger partial charge in [-0.25, -0.2) is 0 Å². The highest BCUT2D eigenvalue weighted by atomic mass is 16.1. The van der Waals surface area contributed by atoms with E-state index in [1.165, 1.54) is 22.3 Å². The Bertz CT molecular complexity index is 706. The molecule has 1 fully saturated rings. The number of aryl methyl sites for hydroxylation is 3. The summed E-state index contributed by atoms with van der Waals surface area (Å²) < 4.78 is 1.92. The molecule has 0 saturated carbocycles. The maximum Gasteiger partial charge on any atom is 0.272 e. The van der Waals surface area contributed by atoms with Crippen LogP contribution < -0.4 is 10.6 Å². The van der Waals surface area contributed by atoms with E-state index in [-0.39, 0.29) is 5.91 Å². The summed E-state index contributed by atoms with van der Waals surface area (Å²) in [6.07, 6.45) is 4.17. The van der Waals surface area contributed by atoms with Crippen LogP contribution in [0.25, 0.3) is 0 Å². The Kier molecular flexibility index (Phi) is 5.00. The molecule has 2 heterocycles. The molecule has 0 spiro atoms. The highest BCUT2D eigenvalue weighted by Gasteiger charge is 2.17. The van der Waals surface area contributed by atoms with E-state index in [4.69, 9.17) is 0 Å². The number of nitrogens with one attached hydrogen (secondary N) is 2. The van der Waals surface area contributed by atoms with E-state index < -0.39 is 0 Å². The van der Waals surface area contributed by atoms with Crippen molar-refractivity contribution in [1.82, 2.24) is 20.4 Å². The molecule has 5 heteroatoms. The lowest BCUT2D eigenvalue weighted by molar-refractivity contribution is 0.0944. The van der Waals surface area contributed by atoms with Crippen molar-refractivity contribution in [2.45, 2.75) is 46.2 Å². The summed E-state index contributed by atoms with van der Waals surface area (Å²) in [7, 11) is 0. The summed E-state index contributed by atoms with van der Waals surface area (Å²) in [6, 6.07) is 6.46. The van der Waals surface area contributed by atoms with Crippen molar-refractivity contribution in [3.8, 4) is 0 Å². The fourth-order valence-corrected chi connectivity index (χ4v) is 3.47. The molecule has 3 rings (SSSR count). The Morgan fingerprint density at radius 2 is 2.08 bits per heavy atom. The number of nitrogens with zero attached hydrogens (tertiary/aromatic N) is 2. The first kappa shape index (κ1) is 16.7. The van der Waals surface area contributed by atoms with Crippen LogP contribution in [-0.4, -0.2) is 28.8 Å². The van der Waals surface area contributed by atoms with Gasteiger partial charge in [-0.15, -0.1) is 0 Å². The third-order valence-corrected chi connectivity index (χ3v) is 4.75. The number of aromatic nitrogens is 2. The predicted octanol–water partition coefficient (Wildman–Crippen LogP) is 2.66. The van der Waals surface area contributed by atoms with Crippen molar-refractivity contribution in [2.75, 3.05) is 13.1 Å². The standard InChI is InChI=1S/C19H26N4O/c1-13-9-14(2)17(15(3)10-13)12-21-19(24)18-6-8-23(22-18)16-5-4-7-20-11-16/h6,8-10,16,20H,4-5,7,11-12H2,1-3H3,(H,21,24). The number of amides is 1. The quantitative estimate of drug-likeness (QED) is 0.908. The molecule has 1 aromatic heterocycles. The predicted molar refractivity (Wildman–Crippen MR) is 95.2 cm³/mol. The normalized spacial score (nSPS) is 17.7. The molecule has 128 valence electrons. The summed E-state index contributed by atoms with van der Waals surface area (Å²) in [5.41, 5.74) is 5.35. The van der Waals surface area contributed by atoms with Crippen LogP contribution in [0.4, 0.5) is 0 Å². The zero-order valence-electron chi connectivity index (χ0n) is 14.7. The van der Waals surface area contributed by atoms with Gasteiger partial charge < -0.3 is 10.6 Å². The zero-order valence-corrected chi connectivity index (χ0v) is 14.7. The zero-order chi connectivity index (χ0) is 17.1. The molecule has 0 radical (unpaired) electrons. The van der Waals surface area contributed by atoms with E-state index in [0.29, 0.717) is 18.3 Å². The molecule has 0 bridgehead atoms. The van der Waals surface area contributed by atoms with E-state index in [2.05, 4.69) is 48.6 Å². The molecule has 1 unspecified atom stereocenters. The van der Waals surface area contributed by atoms with E-state index in [1.54, 1.807) is 6.07 Å². The largest absolute Gasteiger partial charge is 0.347 e. The minimum Gasteiger partial charge on any atom is -0.347 e. The SMILES string of the molecule is Cc1cc(C)c(CNC(=O)c2ccn(C3CCCNC3)n2)c(C)c1. The van der Waals surface area contributed by atoms with Gasteiger partial charge in [0.1, 0.15) is 5.69 Å². The van der Waals surface area contributed by atoms with Crippen molar-refractivity contribution in [3.63, 3.8) is 0 Å². The van der Waals surface area contributed by atoms with Crippen LogP contribution >= 0.6 is 0 Å². The first-order chi connectivity index (χ1) is 11.5. The number of piperidine rings is 1. The lowest BCUT2D eigenvalue weighted by atomic mass is 10.00. The third kappa shape index (κ3) is 3.67. The van der Waals surface area contributed by atoms with Gasteiger partial charge in [-0.3, -0.25) is 9.48 Å². The lowest BCUT2D eigenvalue weighted by Crippen LogP contribution is -2.32. The molecule has 1 amide bonds. The minimum absolute atomic E-state index is 0.114. The van der Waals surface area contributed by atoms with Gasteiger partial charge in [-0.2, -0.15) is 5.10 Å². The number of hydrogen-bond acceptors (Lipinski definition) is 3. The van der Waals surface area contributed by atoms with Crippen LogP contribution in [-0.2, 0) is 6.54 Å². The number of carbonyl (C=O) groups is 1. The first-order valence-corrected chi connectivity index (χ1v) is 8.65. The molecule has 2 aromatic rings. The molecule has 1 atom stereocenters. The van der Waals surface area contributed by atoms with Crippen LogP contribution in [0.5, 0.6) is 0 Å². The molecular weight excluding hydrogens is 300 g/mol. The summed E-state index contributed by atoms with van der Waals surface area (Å²) in [6.45, 7) is 8.80. The van der Waals surface area contributed by atoms with E-state index >= 15 is 0 Å². The van der Waals surface area contributed by atoms with Gasteiger partial charge >= 0.3 is 0 Å². The summed E-state index contributed by atoms with van der Waals surface area (Å²) >= 11 is 0. The Balaban J connectivity index is 1.64. The number of hydrogen-bond donors (Lipinski definition) is 2. The minimum atomic E-state index is -0.114. The molecule has 2 N–H and O–H groups in total. The van der Waals surface area contributed by atoms with Crippen LogP contribution in [0.3, 0.4) is 0 Å². The van der Waals surface area contributed by atoms with Crippen molar-refractivity contribution >= 4 is 5.91 Å². The highest BCUT2D eigenvalue weighted by Crippen LogP contribution is 2.17. The first-order valence-electron chi connectivity index (χ1n) is 8.65. The van der Waals surface area contributed by atoms with E-state index in [0.717, 1.165) is 25.9 Å². The molecule has 0 aliphatic carbocycles. The number of benzene rings is 1. The van der Waals surface area contributed by atoms with E-state index in [9.17, 15) is 4.79 Å². The summed E-state index contributed by atoms with van der Waals surface area (Å²) in [5.74, 6) is -0.114. The second-order valence-corrected chi connectivity index (χ2v) is 6.74.